The molecule has 0 saturated carbocycles. The quantitative estimate of drug-likeness (QED) is 0.703. The van der Waals surface area contributed by atoms with Crippen molar-refractivity contribution in [3.8, 4) is 11.4 Å². The highest BCUT2D eigenvalue weighted by atomic mass is 16.5. The van der Waals surface area contributed by atoms with Gasteiger partial charge < -0.3 is 4.74 Å². The van der Waals surface area contributed by atoms with Gasteiger partial charge in [0.25, 0.3) is 0 Å². The first-order valence-electron chi connectivity index (χ1n) is 4.97. The molecule has 0 saturated heterocycles. The largest absolute Gasteiger partial charge is 0.490 e. The van der Waals surface area contributed by atoms with E-state index in [1.54, 1.807) is 12.7 Å². The van der Waals surface area contributed by atoms with Crippen LogP contribution in [0.3, 0.4) is 0 Å². The molecule has 1 atom stereocenters. The first-order valence-corrected chi connectivity index (χ1v) is 4.97. The Balaban J connectivity index is 2.04. The fourth-order valence-corrected chi connectivity index (χ4v) is 1.90. The Labute approximate surface area is 87.5 Å². The molecule has 2 heterocycles. The molecular weight excluding hydrogens is 190 g/mol. The topological polar surface area (TPSA) is 39.9 Å². The molecule has 0 aliphatic carbocycles. The summed E-state index contributed by atoms with van der Waals surface area (Å²) in [6.07, 6.45) is 4.66. The number of hydrogen-bond donors (Lipinski definition) is 0. The number of nitrogens with zero attached hydrogens (tertiary/aromatic N) is 3. The molecular formula is C11H11N3O. The van der Waals surface area contributed by atoms with E-state index >= 15 is 0 Å². The molecule has 4 heteroatoms. The van der Waals surface area contributed by atoms with Gasteiger partial charge in [0.1, 0.15) is 24.5 Å². The van der Waals surface area contributed by atoms with E-state index in [-0.39, 0.29) is 6.10 Å². The van der Waals surface area contributed by atoms with Crippen LogP contribution in [-0.4, -0.2) is 20.9 Å². The van der Waals surface area contributed by atoms with E-state index in [1.165, 1.54) is 5.56 Å². The van der Waals surface area contributed by atoms with Crippen LogP contribution in [0.4, 0.5) is 0 Å². The lowest BCUT2D eigenvalue weighted by atomic mass is 10.1. The van der Waals surface area contributed by atoms with Gasteiger partial charge in [-0.15, -0.1) is 10.2 Å². The molecule has 3 rings (SSSR count). The predicted octanol–water partition coefficient (Wildman–Crippen LogP) is 1.59. The summed E-state index contributed by atoms with van der Waals surface area (Å²) in [7, 11) is 0. The van der Waals surface area contributed by atoms with Gasteiger partial charge in [-0.1, -0.05) is 0 Å². The molecule has 0 fully saturated rings. The minimum absolute atomic E-state index is 0.288. The number of ether oxygens (including phenoxy) is 1. The number of rotatable bonds is 1. The minimum atomic E-state index is 0.288. The second-order valence-corrected chi connectivity index (χ2v) is 3.79. The summed E-state index contributed by atoms with van der Waals surface area (Å²) in [5.41, 5.74) is 2.34. The third-order valence-corrected chi connectivity index (χ3v) is 2.60. The molecule has 0 radical (unpaired) electrons. The van der Waals surface area contributed by atoms with Crippen LogP contribution in [0.1, 0.15) is 12.5 Å². The van der Waals surface area contributed by atoms with Gasteiger partial charge >= 0.3 is 0 Å². The van der Waals surface area contributed by atoms with E-state index in [4.69, 9.17) is 4.74 Å². The Morgan fingerprint density at radius 3 is 2.93 bits per heavy atom. The number of fused-ring (bicyclic) bond motifs is 1. The van der Waals surface area contributed by atoms with Crippen LogP contribution in [0.5, 0.6) is 5.75 Å². The van der Waals surface area contributed by atoms with Gasteiger partial charge in [0, 0.05) is 12.1 Å². The van der Waals surface area contributed by atoms with Gasteiger partial charge in [0.05, 0.1) is 0 Å². The highest BCUT2D eigenvalue weighted by molar-refractivity contribution is 5.46. The summed E-state index contributed by atoms with van der Waals surface area (Å²) in [4.78, 5) is 0. The second kappa shape index (κ2) is 3.08. The SMILES string of the molecule is CC1Cc2cc(-n3cnnc3)ccc2O1. The smallest absolute Gasteiger partial charge is 0.123 e. The summed E-state index contributed by atoms with van der Waals surface area (Å²) in [6, 6.07) is 6.15. The van der Waals surface area contributed by atoms with Gasteiger partial charge in [-0.2, -0.15) is 0 Å². The second-order valence-electron chi connectivity index (χ2n) is 3.79. The van der Waals surface area contributed by atoms with Crippen molar-refractivity contribution >= 4 is 0 Å². The molecule has 1 unspecified atom stereocenters. The van der Waals surface area contributed by atoms with Crippen LogP contribution in [0.25, 0.3) is 5.69 Å². The molecule has 0 bridgehead atoms. The van der Waals surface area contributed by atoms with Crippen molar-refractivity contribution in [1.82, 2.24) is 14.8 Å². The zero-order chi connectivity index (χ0) is 10.3. The average molecular weight is 201 g/mol. The molecule has 2 aromatic rings. The lowest BCUT2D eigenvalue weighted by Gasteiger charge is -2.04. The van der Waals surface area contributed by atoms with Crippen LogP contribution >= 0.6 is 0 Å². The highest BCUT2D eigenvalue weighted by Crippen LogP contribution is 2.30. The Kier molecular flexibility index (Phi) is 1.74. The monoisotopic (exact) mass is 201 g/mol. The summed E-state index contributed by atoms with van der Waals surface area (Å²) in [6.45, 7) is 2.08. The maximum atomic E-state index is 5.64. The fourth-order valence-electron chi connectivity index (χ4n) is 1.90. The maximum absolute atomic E-state index is 5.64. The van der Waals surface area contributed by atoms with Gasteiger partial charge in [-0.3, -0.25) is 4.57 Å². The lowest BCUT2D eigenvalue weighted by molar-refractivity contribution is 0.254. The van der Waals surface area contributed by atoms with Crippen molar-refractivity contribution < 1.29 is 4.74 Å². The van der Waals surface area contributed by atoms with E-state index in [1.807, 2.05) is 16.7 Å². The molecule has 0 spiro atoms. The molecule has 1 aromatic heterocycles. The molecule has 1 aromatic carbocycles. The number of benzene rings is 1. The Morgan fingerprint density at radius 2 is 2.13 bits per heavy atom. The Morgan fingerprint density at radius 1 is 1.33 bits per heavy atom. The van der Waals surface area contributed by atoms with E-state index in [9.17, 15) is 0 Å². The van der Waals surface area contributed by atoms with Crippen LogP contribution < -0.4 is 4.74 Å². The molecule has 0 amide bonds. The molecule has 0 N–H and O–H groups in total. The van der Waals surface area contributed by atoms with E-state index in [0.717, 1.165) is 17.9 Å². The molecule has 76 valence electrons. The summed E-state index contributed by atoms with van der Waals surface area (Å²) >= 11 is 0. The zero-order valence-corrected chi connectivity index (χ0v) is 8.42. The third-order valence-electron chi connectivity index (χ3n) is 2.60. The molecule has 1 aliphatic heterocycles. The summed E-state index contributed by atoms with van der Waals surface area (Å²) in [5, 5.41) is 7.58. The van der Waals surface area contributed by atoms with Crippen molar-refractivity contribution in [2.24, 2.45) is 0 Å². The standard InChI is InChI=1S/C11H11N3O/c1-8-4-9-5-10(2-3-11(9)15-8)14-6-12-13-7-14/h2-3,5-8H,4H2,1H3. The van der Waals surface area contributed by atoms with Gasteiger partial charge in [0.15, 0.2) is 0 Å². The van der Waals surface area contributed by atoms with E-state index in [2.05, 4.69) is 23.2 Å². The van der Waals surface area contributed by atoms with Gasteiger partial charge in [0.2, 0.25) is 0 Å². The fraction of sp³-hybridized carbons (Fsp3) is 0.273. The third kappa shape index (κ3) is 1.38. The number of hydrogen-bond acceptors (Lipinski definition) is 3. The van der Waals surface area contributed by atoms with Crippen molar-refractivity contribution in [2.75, 3.05) is 0 Å². The van der Waals surface area contributed by atoms with Crippen LogP contribution in [0, 0.1) is 0 Å². The van der Waals surface area contributed by atoms with Crippen molar-refractivity contribution in [2.45, 2.75) is 19.4 Å². The maximum Gasteiger partial charge on any atom is 0.123 e. The van der Waals surface area contributed by atoms with Crippen LogP contribution in [0.2, 0.25) is 0 Å². The predicted molar refractivity (Wildman–Crippen MR) is 55.2 cm³/mol. The lowest BCUT2D eigenvalue weighted by Crippen LogP contribution is -2.05. The molecule has 1 aliphatic rings. The van der Waals surface area contributed by atoms with Crippen LogP contribution in [-0.2, 0) is 6.42 Å². The molecule has 15 heavy (non-hydrogen) atoms. The van der Waals surface area contributed by atoms with Crippen molar-refractivity contribution in [3.05, 3.63) is 36.4 Å². The first-order chi connectivity index (χ1) is 7.33. The Bertz CT molecular complexity index is 479. The van der Waals surface area contributed by atoms with Crippen molar-refractivity contribution in [1.29, 1.82) is 0 Å². The molecule has 4 nitrogen and oxygen atoms in total. The first kappa shape index (κ1) is 8.47. The average Bonchev–Trinajstić information content (AvgIpc) is 2.82. The van der Waals surface area contributed by atoms with Gasteiger partial charge in [-0.25, -0.2) is 0 Å². The number of aromatic nitrogens is 3. The Hall–Kier alpha value is -1.84. The zero-order valence-electron chi connectivity index (χ0n) is 8.42. The van der Waals surface area contributed by atoms with Crippen LogP contribution in [0.15, 0.2) is 30.9 Å². The summed E-state index contributed by atoms with van der Waals surface area (Å²) in [5.74, 6) is 0.999. The van der Waals surface area contributed by atoms with Gasteiger partial charge in [-0.05, 0) is 30.7 Å². The van der Waals surface area contributed by atoms with E-state index < -0.39 is 0 Å². The minimum Gasteiger partial charge on any atom is -0.490 e. The van der Waals surface area contributed by atoms with E-state index in [0.29, 0.717) is 0 Å². The summed E-state index contributed by atoms with van der Waals surface area (Å²) < 4.78 is 7.53. The van der Waals surface area contributed by atoms with Crippen molar-refractivity contribution in [3.63, 3.8) is 0 Å². The highest BCUT2D eigenvalue weighted by Gasteiger charge is 2.18. The normalized spacial score (nSPS) is 18.6.